The number of nitrogens with two attached hydrogens (primary N) is 1. The van der Waals surface area contributed by atoms with Gasteiger partial charge < -0.3 is 5.73 Å². The number of carbonyl (C=O) groups excluding carboxylic acids is 1. The summed E-state index contributed by atoms with van der Waals surface area (Å²) in [5, 5.41) is 0. The Kier molecular flexibility index (Phi) is 4.30. The Bertz CT molecular complexity index is 854. The third-order valence-corrected chi connectivity index (χ3v) is 4.45. The highest BCUT2D eigenvalue weighted by atomic mass is 32.1. The lowest BCUT2D eigenvalue weighted by atomic mass is 10.1. The maximum atomic E-state index is 12.4. The van der Waals surface area contributed by atoms with E-state index in [9.17, 15) is 4.79 Å². The zero-order chi connectivity index (χ0) is 16.2. The maximum Gasteiger partial charge on any atom is 0.289 e. The highest BCUT2D eigenvalue weighted by Gasteiger charge is 2.13. The predicted octanol–water partition coefficient (Wildman–Crippen LogP) is 3.66. The van der Waals surface area contributed by atoms with E-state index in [-0.39, 0.29) is 11.7 Å². The van der Waals surface area contributed by atoms with Crippen LogP contribution in [0.4, 0.5) is 0 Å². The summed E-state index contributed by atoms with van der Waals surface area (Å²) in [5.41, 5.74) is 8.72. The number of nitrogens with zero attached hydrogens (tertiary/aromatic N) is 2. The highest BCUT2D eigenvalue weighted by molar-refractivity contribution is 7.14. The smallest absolute Gasteiger partial charge is 0.289 e. The summed E-state index contributed by atoms with van der Waals surface area (Å²) in [6.07, 6.45) is 3.23. The Hall–Kier alpha value is -2.79. The molecule has 0 radical (unpaired) electrons. The fourth-order valence-corrected chi connectivity index (χ4v) is 3.17. The molecule has 0 unspecified atom stereocenters. The summed E-state index contributed by atoms with van der Waals surface area (Å²) in [7, 11) is 0. The first kappa shape index (κ1) is 15.1. The minimum atomic E-state index is -0.324. The van der Waals surface area contributed by atoms with E-state index in [2.05, 4.69) is 9.98 Å². The van der Waals surface area contributed by atoms with Gasteiger partial charge in [-0.05, 0) is 36.2 Å². The van der Waals surface area contributed by atoms with Gasteiger partial charge >= 0.3 is 0 Å². The Morgan fingerprint density at radius 1 is 1.13 bits per heavy atom. The van der Waals surface area contributed by atoms with Gasteiger partial charge in [0.2, 0.25) is 0 Å². The molecular formula is C18H15N3OS. The van der Waals surface area contributed by atoms with Gasteiger partial charge in [0.25, 0.3) is 5.91 Å². The normalized spacial score (nSPS) is 11.4. The van der Waals surface area contributed by atoms with Gasteiger partial charge in [-0.1, -0.05) is 30.3 Å². The molecule has 4 nitrogen and oxygen atoms in total. The van der Waals surface area contributed by atoms with E-state index in [0.717, 1.165) is 16.0 Å². The van der Waals surface area contributed by atoms with Crippen LogP contribution in [-0.2, 0) is 0 Å². The van der Waals surface area contributed by atoms with Crippen LogP contribution in [0.5, 0.6) is 0 Å². The number of amidine groups is 1. The predicted molar refractivity (Wildman–Crippen MR) is 93.8 cm³/mol. The van der Waals surface area contributed by atoms with Crippen molar-refractivity contribution in [2.24, 2.45) is 10.7 Å². The van der Waals surface area contributed by atoms with E-state index in [0.29, 0.717) is 10.4 Å². The molecule has 1 amide bonds. The molecular weight excluding hydrogens is 306 g/mol. The molecule has 0 aliphatic carbocycles. The topological polar surface area (TPSA) is 68.3 Å². The van der Waals surface area contributed by atoms with Crippen LogP contribution < -0.4 is 5.73 Å². The molecule has 23 heavy (non-hydrogen) atoms. The number of pyridine rings is 1. The molecule has 0 saturated heterocycles. The molecule has 0 aliphatic heterocycles. The van der Waals surface area contributed by atoms with Crippen molar-refractivity contribution >= 4 is 23.1 Å². The Morgan fingerprint density at radius 3 is 2.52 bits per heavy atom. The number of thiophene rings is 1. The third-order valence-electron chi connectivity index (χ3n) is 3.41. The zero-order valence-electron chi connectivity index (χ0n) is 12.6. The molecule has 2 aromatic heterocycles. The lowest BCUT2D eigenvalue weighted by Crippen LogP contribution is -2.15. The molecule has 3 aromatic rings. The Morgan fingerprint density at radius 2 is 1.83 bits per heavy atom. The number of hydrogen-bond donors (Lipinski definition) is 1. The second-order valence-corrected chi connectivity index (χ2v) is 6.24. The van der Waals surface area contributed by atoms with Crippen LogP contribution in [0.3, 0.4) is 0 Å². The summed E-state index contributed by atoms with van der Waals surface area (Å²) in [5.74, 6) is -0.126. The second-order valence-electron chi connectivity index (χ2n) is 4.98. The minimum Gasteiger partial charge on any atom is -0.383 e. The first-order chi connectivity index (χ1) is 11.1. The second kappa shape index (κ2) is 6.54. The van der Waals surface area contributed by atoms with Crippen molar-refractivity contribution in [1.29, 1.82) is 0 Å². The zero-order valence-corrected chi connectivity index (χ0v) is 13.4. The average molecular weight is 321 g/mol. The van der Waals surface area contributed by atoms with Gasteiger partial charge in [0.05, 0.1) is 4.88 Å². The molecule has 0 aliphatic rings. The van der Waals surface area contributed by atoms with Crippen LogP contribution in [0, 0.1) is 6.92 Å². The third kappa shape index (κ3) is 3.35. The van der Waals surface area contributed by atoms with Gasteiger partial charge in [-0.25, -0.2) is 0 Å². The van der Waals surface area contributed by atoms with E-state index in [1.54, 1.807) is 24.5 Å². The van der Waals surface area contributed by atoms with Gasteiger partial charge in [0, 0.05) is 22.8 Å². The summed E-state index contributed by atoms with van der Waals surface area (Å²) in [6.45, 7) is 2.00. The highest BCUT2D eigenvalue weighted by Crippen LogP contribution is 2.31. The Balaban J connectivity index is 1.90. The van der Waals surface area contributed by atoms with E-state index in [4.69, 9.17) is 5.73 Å². The molecule has 5 heteroatoms. The standard InChI is InChI=1S/C18H15N3OS/c1-12-15(13-5-3-2-4-6-13)11-16(23-12)18(22)21-17(19)14-7-9-20-10-8-14/h2-11H,1H3,(H2,19,21,22). The van der Waals surface area contributed by atoms with E-state index < -0.39 is 0 Å². The number of rotatable bonds is 3. The van der Waals surface area contributed by atoms with Crippen molar-refractivity contribution in [2.45, 2.75) is 6.92 Å². The first-order valence-corrected chi connectivity index (χ1v) is 7.91. The van der Waals surface area contributed by atoms with Crippen molar-refractivity contribution in [3.05, 3.63) is 76.2 Å². The molecule has 0 fully saturated rings. The number of benzene rings is 1. The van der Waals surface area contributed by atoms with Crippen LogP contribution in [0.25, 0.3) is 11.1 Å². The van der Waals surface area contributed by atoms with Crippen molar-refractivity contribution < 1.29 is 4.79 Å². The summed E-state index contributed by atoms with van der Waals surface area (Å²) >= 11 is 1.43. The van der Waals surface area contributed by atoms with E-state index in [1.165, 1.54) is 11.3 Å². The van der Waals surface area contributed by atoms with Crippen LogP contribution in [0.1, 0.15) is 20.1 Å². The van der Waals surface area contributed by atoms with Gasteiger partial charge in [0.1, 0.15) is 5.84 Å². The van der Waals surface area contributed by atoms with Crippen LogP contribution >= 0.6 is 11.3 Å². The number of aliphatic imine (C=N–C) groups is 1. The van der Waals surface area contributed by atoms with Gasteiger partial charge in [-0.3, -0.25) is 9.78 Å². The fraction of sp³-hybridized carbons (Fsp3) is 0.0556. The summed E-state index contributed by atoms with van der Waals surface area (Å²) in [6, 6.07) is 15.3. The molecule has 0 spiro atoms. The largest absolute Gasteiger partial charge is 0.383 e. The molecule has 2 N–H and O–H groups in total. The number of carbonyl (C=O) groups is 1. The number of hydrogen-bond acceptors (Lipinski definition) is 3. The molecule has 2 heterocycles. The lowest BCUT2D eigenvalue weighted by molar-refractivity contribution is 0.101. The van der Waals surface area contributed by atoms with Crippen LogP contribution in [0.15, 0.2) is 65.9 Å². The van der Waals surface area contributed by atoms with Crippen molar-refractivity contribution in [2.75, 3.05) is 0 Å². The van der Waals surface area contributed by atoms with Gasteiger partial charge in [-0.15, -0.1) is 11.3 Å². The van der Waals surface area contributed by atoms with E-state index >= 15 is 0 Å². The van der Waals surface area contributed by atoms with E-state index in [1.807, 2.05) is 43.3 Å². The molecule has 3 rings (SSSR count). The molecule has 0 atom stereocenters. The average Bonchev–Trinajstić information content (AvgIpc) is 2.98. The molecule has 1 aromatic carbocycles. The molecule has 114 valence electrons. The minimum absolute atomic E-state index is 0.199. The maximum absolute atomic E-state index is 12.4. The number of aryl methyl sites for hydroxylation is 1. The molecule has 0 saturated carbocycles. The number of amides is 1. The Labute approximate surface area is 138 Å². The molecule has 0 bridgehead atoms. The van der Waals surface area contributed by atoms with Gasteiger partial charge in [-0.2, -0.15) is 4.99 Å². The quantitative estimate of drug-likeness (QED) is 0.591. The SMILES string of the molecule is Cc1sc(C(=O)N=C(N)c2ccncc2)cc1-c1ccccc1. The monoisotopic (exact) mass is 321 g/mol. The lowest BCUT2D eigenvalue weighted by Gasteiger charge is -1.98. The first-order valence-electron chi connectivity index (χ1n) is 7.10. The summed E-state index contributed by atoms with van der Waals surface area (Å²) in [4.78, 5) is 21.9. The van der Waals surface area contributed by atoms with Gasteiger partial charge in [0.15, 0.2) is 0 Å². The number of aromatic nitrogens is 1. The fourth-order valence-electron chi connectivity index (χ4n) is 2.24. The van der Waals surface area contributed by atoms with Crippen LogP contribution in [-0.4, -0.2) is 16.7 Å². The van der Waals surface area contributed by atoms with Crippen molar-refractivity contribution in [1.82, 2.24) is 4.98 Å². The van der Waals surface area contributed by atoms with Crippen molar-refractivity contribution in [3.63, 3.8) is 0 Å². The summed E-state index contributed by atoms with van der Waals surface area (Å²) < 4.78 is 0. The van der Waals surface area contributed by atoms with Crippen LogP contribution in [0.2, 0.25) is 0 Å². The van der Waals surface area contributed by atoms with Crippen molar-refractivity contribution in [3.8, 4) is 11.1 Å².